The molecular weight excluding hydrogens is 309 g/mol. The Morgan fingerprint density at radius 3 is 2.79 bits per heavy atom. The van der Waals surface area contributed by atoms with E-state index in [1.54, 1.807) is 6.07 Å². The lowest BCUT2D eigenvalue weighted by atomic mass is 9.99. The highest BCUT2D eigenvalue weighted by Crippen LogP contribution is 2.27. The van der Waals surface area contributed by atoms with Gasteiger partial charge in [-0.1, -0.05) is 12.1 Å². The first-order chi connectivity index (χ1) is 9.04. The molecule has 0 aliphatic carbocycles. The average Bonchev–Trinajstić information content (AvgIpc) is 2.72. The third-order valence-electron chi connectivity index (χ3n) is 3.45. The van der Waals surface area contributed by atoms with E-state index in [2.05, 4.69) is 26.3 Å². The van der Waals surface area contributed by atoms with Crippen molar-refractivity contribution < 1.29 is 4.39 Å². The summed E-state index contributed by atoms with van der Waals surface area (Å²) in [7, 11) is 3.83. The Hall–Kier alpha value is -1.20. The minimum atomic E-state index is -0.227. The highest BCUT2D eigenvalue weighted by atomic mass is 79.9. The minimum Gasteiger partial charge on any atom is -0.313 e. The highest BCUT2D eigenvalue weighted by molar-refractivity contribution is 9.10. The van der Waals surface area contributed by atoms with Crippen LogP contribution in [0.25, 0.3) is 0 Å². The van der Waals surface area contributed by atoms with E-state index in [9.17, 15) is 4.39 Å². The fraction of sp³-hybridized carbons (Fsp3) is 0.357. The highest BCUT2D eigenvalue weighted by Gasteiger charge is 2.17. The molecular formula is C14H17BrFN3. The zero-order chi connectivity index (χ0) is 14.0. The second-order valence-electron chi connectivity index (χ2n) is 4.57. The van der Waals surface area contributed by atoms with Crippen molar-refractivity contribution in [2.75, 3.05) is 7.05 Å². The van der Waals surface area contributed by atoms with Gasteiger partial charge in [0.1, 0.15) is 5.82 Å². The molecule has 0 saturated heterocycles. The van der Waals surface area contributed by atoms with Crippen molar-refractivity contribution in [1.82, 2.24) is 15.1 Å². The molecule has 1 atom stereocenters. The third-order valence-corrected chi connectivity index (χ3v) is 4.34. The number of aryl methyl sites for hydroxylation is 1. The van der Waals surface area contributed by atoms with Crippen LogP contribution in [0, 0.1) is 12.7 Å². The Morgan fingerprint density at radius 1 is 1.47 bits per heavy atom. The van der Waals surface area contributed by atoms with E-state index in [-0.39, 0.29) is 11.9 Å². The molecule has 2 rings (SSSR count). The van der Waals surface area contributed by atoms with Crippen LogP contribution in [0.4, 0.5) is 4.39 Å². The Balaban J connectivity index is 2.29. The van der Waals surface area contributed by atoms with Gasteiger partial charge < -0.3 is 5.32 Å². The zero-order valence-corrected chi connectivity index (χ0v) is 12.8. The maximum atomic E-state index is 13.5. The first-order valence-electron chi connectivity index (χ1n) is 6.13. The van der Waals surface area contributed by atoms with Gasteiger partial charge in [0.25, 0.3) is 0 Å². The molecule has 1 N–H and O–H groups in total. The number of nitrogens with one attached hydrogen (secondary N) is 1. The fourth-order valence-electron chi connectivity index (χ4n) is 2.15. The number of aromatic nitrogens is 2. The summed E-state index contributed by atoms with van der Waals surface area (Å²) in [5.41, 5.74) is 3.20. The van der Waals surface area contributed by atoms with Crippen molar-refractivity contribution in [3.05, 3.63) is 51.5 Å². The normalized spacial score (nSPS) is 12.7. The van der Waals surface area contributed by atoms with Crippen LogP contribution in [-0.2, 0) is 13.5 Å². The van der Waals surface area contributed by atoms with Crippen molar-refractivity contribution >= 4 is 15.9 Å². The predicted octanol–water partition coefficient (Wildman–Crippen LogP) is 3.13. The van der Waals surface area contributed by atoms with Crippen molar-refractivity contribution in [3.8, 4) is 0 Å². The monoisotopic (exact) mass is 325 g/mol. The molecule has 1 aromatic carbocycles. The van der Waals surface area contributed by atoms with Gasteiger partial charge in [0.05, 0.1) is 10.7 Å². The third kappa shape index (κ3) is 2.87. The molecule has 3 nitrogen and oxygen atoms in total. The molecule has 0 radical (unpaired) electrons. The average molecular weight is 326 g/mol. The molecule has 0 aliphatic rings. The molecule has 19 heavy (non-hydrogen) atoms. The van der Waals surface area contributed by atoms with E-state index in [1.807, 2.05) is 38.0 Å². The summed E-state index contributed by atoms with van der Waals surface area (Å²) in [4.78, 5) is 0. The van der Waals surface area contributed by atoms with Crippen LogP contribution in [0.3, 0.4) is 0 Å². The van der Waals surface area contributed by atoms with Crippen molar-refractivity contribution in [1.29, 1.82) is 0 Å². The van der Waals surface area contributed by atoms with E-state index in [0.717, 1.165) is 16.8 Å². The molecule has 2 aromatic rings. The molecule has 0 aliphatic heterocycles. The molecule has 0 spiro atoms. The van der Waals surface area contributed by atoms with Crippen LogP contribution in [0.5, 0.6) is 0 Å². The Kier molecular flexibility index (Phi) is 4.37. The lowest BCUT2D eigenvalue weighted by molar-refractivity contribution is 0.576. The summed E-state index contributed by atoms with van der Waals surface area (Å²) in [6, 6.07) is 5.24. The summed E-state index contributed by atoms with van der Waals surface area (Å²) >= 11 is 3.31. The summed E-state index contributed by atoms with van der Waals surface area (Å²) in [5.74, 6) is -0.227. The molecule has 0 amide bonds. The van der Waals surface area contributed by atoms with E-state index in [1.165, 1.54) is 6.07 Å². The molecule has 0 bridgehead atoms. The van der Waals surface area contributed by atoms with Crippen LogP contribution >= 0.6 is 15.9 Å². The number of rotatable bonds is 4. The summed E-state index contributed by atoms with van der Waals surface area (Å²) < 4.78 is 15.9. The summed E-state index contributed by atoms with van der Waals surface area (Å²) in [6.07, 6.45) is 2.57. The molecule has 5 heteroatoms. The van der Waals surface area contributed by atoms with E-state index in [4.69, 9.17) is 0 Å². The van der Waals surface area contributed by atoms with Crippen LogP contribution in [0.2, 0.25) is 0 Å². The number of benzene rings is 1. The molecule has 1 aromatic heterocycles. The lowest BCUT2D eigenvalue weighted by Gasteiger charge is -2.17. The maximum absolute atomic E-state index is 13.5. The van der Waals surface area contributed by atoms with Crippen LogP contribution < -0.4 is 5.32 Å². The van der Waals surface area contributed by atoms with Crippen LogP contribution in [0.1, 0.15) is 22.9 Å². The lowest BCUT2D eigenvalue weighted by Crippen LogP contribution is -2.19. The largest absolute Gasteiger partial charge is 0.313 e. The molecule has 102 valence electrons. The van der Waals surface area contributed by atoms with Gasteiger partial charge in [-0.2, -0.15) is 5.10 Å². The number of likely N-dealkylation sites (N-methyl/N-ethyl adjacent to an activating group) is 1. The van der Waals surface area contributed by atoms with Gasteiger partial charge >= 0.3 is 0 Å². The summed E-state index contributed by atoms with van der Waals surface area (Å²) in [5, 5.41) is 7.53. The number of hydrogen-bond acceptors (Lipinski definition) is 2. The van der Waals surface area contributed by atoms with Crippen molar-refractivity contribution in [2.24, 2.45) is 7.05 Å². The standard InChI is InChI=1S/C14H17BrFN3/c1-9-11(8-18-19(9)3)13(17-2)7-10-5-4-6-12(16)14(10)15/h4-6,8,13,17H,7H2,1-3H3. The smallest absolute Gasteiger partial charge is 0.137 e. The maximum Gasteiger partial charge on any atom is 0.137 e. The van der Waals surface area contributed by atoms with Gasteiger partial charge in [0, 0.05) is 24.3 Å². The van der Waals surface area contributed by atoms with E-state index < -0.39 is 0 Å². The van der Waals surface area contributed by atoms with Gasteiger partial charge in [0.2, 0.25) is 0 Å². The van der Waals surface area contributed by atoms with Gasteiger partial charge in [-0.3, -0.25) is 4.68 Å². The Morgan fingerprint density at radius 2 is 2.21 bits per heavy atom. The van der Waals surface area contributed by atoms with Crippen molar-refractivity contribution in [3.63, 3.8) is 0 Å². The van der Waals surface area contributed by atoms with Crippen molar-refractivity contribution in [2.45, 2.75) is 19.4 Å². The fourth-order valence-corrected chi connectivity index (χ4v) is 2.58. The number of nitrogens with zero attached hydrogens (tertiary/aromatic N) is 2. The minimum absolute atomic E-state index is 0.117. The molecule has 1 heterocycles. The van der Waals surface area contributed by atoms with Gasteiger partial charge in [0.15, 0.2) is 0 Å². The van der Waals surface area contributed by atoms with E-state index >= 15 is 0 Å². The SMILES string of the molecule is CNC(Cc1cccc(F)c1Br)c1cnn(C)c1C. The zero-order valence-electron chi connectivity index (χ0n) is 11.2. The number of halogens is 2. The van der Waals surface area contributed by atoms with E-state index in [0.29, 0.717) is 10.9 Å². The van der Waals surface area contributed by atoms with Crippen LogP contribution in [0.15, 0.2) is 28.9 Å². The first kappa shape index (κ1) is 14.2. The van der Waals surface area contributed by atoms with Gasteiger partial charge in [-0.25, -0.2) is 4.39 Å². The topological polar surface area (TPSA) is 29.9 Å². The molecule has 1 unspecified atom stereocenters. The number of hydrogen-bond donors (Lipinski definition) is 1. The molecule has 0 saturated carbocycles. The quantitative estimate of drug-likeness (QED) is 0.935. The Labute approximate surface area is 121 Å². The van der Waals surface area contributed by atoms with Gasteiger partial charge in [-0.15, -0.1) is 0 Å². The van der Waals surface area contributed by atoms with Crippen LogP contribution in [-0.4, -0.2) is 16.8 Å². The second-order valence-corrected chi connectivity index (χ2v) is 5.36. The second kappa shape index (κ2) is 5.84. The predicted molar refractivity (Wildman–Crippen MR) is 77.5 cm³/mol. The molecule has 0 fully saturated rings. The van der Waals surface area contributed by atoms with Gasteiger partial charge in [-0.05, 0) is 48.0 Å². The first-order valence-corrected chi connectivity index (χ1v) is 6.92. The Bertz CT molecular complexity index is 580. The summed E-state index contributed by atoms with van der Waals surface area (Å²) in [6.45, 7) is 2.04.